The van der Waals surface area contributed by atoms with E-state index in [1.54, 1.807) is 6.92 Å². The van der Waals surface area contributed by atoms with E-state index in [0.717, 1.165) is 25.1 Å². The lowest BCUT2D eigenvalue weighted by Crippen LogP contribution is -2.30. The molecule has 0 bridgehead atoms. The van der Waals surface area contributed by atoms with E-state index < -0.39 is 0 Å². The number of hydrogen-bond donors (Lipinski definition) is 1. The van der Waals surface area contributed by atoms with E-state index in [0.29, 0.717) is 24.6 Å². The minimum absolute atomic E-state index is 0.0388. The zero-order chi connectivity index (χ0) is 16.1. The second-order valence-electron chi connectivity index (χ2n) is 6.60. The first-order valence-electron chi connectivity index (χ1n) is 8.17. The number of carbonyl (C=O) groups excluding carboxylic acids is 1. The molecule has 2 atom stereocenters. The SMILES string of the molecule is CC(C)CCOc1ccc(C(=O)N2CCC(C(C)O)C2)cc1. The van der Waals surface area contributed by atoms with Crippen LogP contribution in [0.1, 0.15) is 44.0 Å². The first kappa shape index (κ1) is 16.8. The predicted octanol–water partition coefficient (Wildman–Crippen LogP) is 2.95. The van der Waals surface area contributed by atoms with E-state index in [9.17, 15) is 9.90 Å². The van der Waals surface area contributed by atoms with Crippen LogP contribution in [-0.4, -0.2) is 41.7 Å². The molecule has 1 fully saturated rings. The van der Waals surface area contributed by atoms with Crippen LogP contribution in [0.3, 0.4) is 0 Å². The molecule has 4 heteroatoms. The molecule has 1 aromatic rings. The van der Waals surface area contributed by atoms with E-state index in [1.165, 1.54) is 0 Å². The summed E-state index contributed by atoms with van der Waals surface area (Å²) >= 11 is 0. The lowest BCUT2D eigenvalue weighted by atomic mass is 10.0. The second-order valence-corrected chi connectivity index (χ2v) is 6.60. The third-order valence-corrected chi connectivity index (χ3v) is 4.26. The molecule has 1 heterocycles. The molecule has 1 N–H and O–H groups in total. The maximum Gasteiger partial charge on any atom is 0.253 e. The minimum atomic E-state index is -0.352. The second kappa shape index (κ2) is 7.63. The largest absolute Gasteiger partial charge is 0.494 e. The Morgan fingerprint density at radius 1 is 1.32 bits per heavy atom. The van der Waals surface area contributed by atoms with Crippen molar-refractivity contribution in [2.75, 3.05) is 19.7 Å². The molecule has 1 aromatic carbocycles. The van der Waals surface area contributed by atoms with Crippen molar-refractivity contribution >= 4 is 5.91 Å². The Balaban J connectivity index is 1.89. The van der Waals surface area contributed by atoms with Crippen molar-refractivity contribution in [1.29, 1.82) is 0 Å². The van der Waals surface area contributed by atoms with Gasteiger partial charge in [0.05, 0.1) is 12.7 Å². The van der Waals surface area contributed by atoms with Crippen LogP contribution >= 0.6 is 0 Å². The number of benzene rings is 1. The Hall–Kier alpha value is -1.55. The van der Waals surface area contributed by atoms with Crippen LogP contribution in [0.15, 0.2) is 24.3 Å². The maximum atomic E-state index is 12.4. The Morgan fingerprint density at radius 2 is 2.00 bits per heavy atom. The van der Waals surface area contributed by atoms with Crippen LogP contribution in [0.25, 0.3) is 0 Å². The lowest BCUT2D eigenvalue weighted by Gasteiger charge is -2.18. The number of amides is 1. The standard InChI is InChI=1S/C18H27NO3/c1-13(2)9-11-22-17-6-4-15(5-7-17)18(21)19-10-8-16(12-19)14(3)20/h4-7,13-14,16,20H,8-12H2,1-3H3. The van der Waals surface area contributed by atoms with Gasteiger partial charge in [0, 0.05) is 24.6 Å². The summed E-state index contributed by atoms with van der Waals surface area (Å²) in [7, 11) is 0. The Bertz CT molecular complexity index is 482. The van der Waals surface area contributed by atoms with Gasteiger partial charge in [-0.1, -0.05) is 13.8 Å². The molecule has 1 saturated heterocycles. The average molecular weight is 305 g/mol. The zero-order valence-electron chi connectivity index (χ0n) is 13.8. The van der Waals surface area contributed by atoms with Gasteiger partial charge < -0.3 is 14.7 Å². The fraction of sp³-hybridized carbons (Fsp3) is 0.611. The summed E-state index contributed by atoms with van der Waals surface area (Å²) in [6.07, 6.45) is 1.55. The van der Waals surface area contributed by atoms with Crippen LogP contribution in [0.2, 0.25) is 0 Å². The molecule has 0 spiro atoms. The monoisotopic (exact) mass is 305 g/mol. The van der Waals surface area contributed by atoms with Gasteiger partial charge in [0.1, 0.15) is 5.75 Å². The summed E-state index contributed by atoms with van der Waals surface area (Å²) in [5.74, 6) is 1.66. The van der Waals surface area contributed by atoms with Crippen LogP contribution in [0, 0.1) is 11.8 Å². The number of likely N-dealkylation sites (tertiary alicyclic amines) is 1. The summed E-state index contributed by atoms with van der Waals surface area (Å²) in [4.78, 5) is 14.3. The van der Waals surface area contributed by atoms with Gasteiger partial charge in [-0.3, -0.25) is 4.79 Å². The van der Waals surface area contributed by atoms with E-state index in [-0.39, 0.29) is 17.9 Å². The van der Waals surface area contributed by atoms with Crippen molar-refractivity contribution in [3.63, 3.8) is 0 Å². The summed E-state index contributed by atoms with van der Waals surface area (Å²) in [5, 5.41) is 9.63. The van der Waals surface area contributed by atoms with Crippen LogP contribution < -0.4 is 4.74 Å². The van der Waals surface area contributed by atoms with Crippen molar-refractivity contribution in [3.8, 4) is 5.75 Å². The molecule has 1 aliphatic heterocycles. The molecule has 22 heavy (non-hydrogen) atoms. The van der Waals surface area contributed by atoms with Gasteiger partial charge in [-0.2, -0.15) is 0 Å². The fourth-order valence-electron chi connectivity index (χ4n) is 2.65. The predicted molar refractivity (Wildman–Crippen MR) is 87.1 cm³/mol. The molecule has 0 radical (unpaired) electrons. The highest BCUT2D eigenvalue weighted by molar-refractivity contribution is 5.94. The number of rotatable bonds is 6. The summed E-state index contributed by atoms with van der Waals surface area (Å²) in [6, 6.07) is 7.36. The quantitative estimate of drug-likeness (QED) is 0.879. The molecule has 0 saturated carbocycles. The normalized spacial score (nSPS) is 19.5. The van der Waals surface area contributed by atoms with Crippen molar-refractivity contribution in [1.82, 2.24) is 4.90 Å². The molecule has 2 unspecified atom stereocenters. The van der Waals surface area contributed by atoms with Gasteiger partial charge in [0.25, 0.3) is 5.91 Å². The highest BCUT2D eigenvalue weighted by Crippen LogP contribution is 2.22. The Labute approximate surface area is 133 Å². The van der Waals surface area contributed by atoms with Gasteiger partial charge >= 0.3 is 0 Å². The van der Waals surface area contributed by atoms with Crippen LogP contribution in [-0.2, 0) is 0 Å². The van der Waals surface area contributed by atoms with Gasteiger partial charge in [-0.05, 0) is 49.9 Å². The van der Waals surface area contributed by atoms with Crippen molar-refractivity contribution in [2.24, 2.45) is 11.8 Å². The molecular formula is C18H27NO3. The molecular weight excluding hydrogens is 278 g/mol. The molecule has 122 valence electrons. The van der Waals surface area contributed by atoms with Crippen molar-refractivity contribution in [3.05, 3.63) is 29.8 Å². The summed E-state index contributed by atoms with van der Waals surface area (Å²) in [5.41, 5.74) is 0.683. The van der Waals surface area contributed by atoms with Gasteiger partial charge in [0.15, 0.2) is 0 Å². The topological polar surface area (TPSA) is 49.8 Å². The van der Waals surface area contributed by atoms with E-state index in [4.69, 9.17) is 4.74 Å². The lowest BCUT2D eigenvalue weighted by molar-refractivity contribution is 0.0762. The molecule has 2 rings (SSSR count). The first-order valence-corrected chi connectivity index (χ1v) is 8.17. The molecule has 0 aromatic heterocycles. The van der Waals surface area contributed by atoms with Crippen LogP contribution in [0.5, 0.6) is 5.75 Å². The van der Waals surface area contributed by atoms with E-state index in [2.05, 4.69) is 13.8 Å². The number of hydrogen-bond acceptors (Lipinski definition) is 3. The minimum Gasteiger partial charge on any atom is -0.494 e. The van der Waals surface area contributed by atoms with Gasteiger partial charge in [0.2, 0.25) is 0 Å². The number of ether oxygens (including phenoxy) is 1. The highest BCUT2D eigenvalue weighted by Gasteiger charge is 2.29. The third-order valence-electron chi connectivity index (χ3n) is 4.26. The summed E-state index contributed by atoms with van der Waals surface area (Å²) in [6.45, 7) is 8.20. The number of nitrogens with zero attached hydrogens (tertiary/aromatic N) is 1. The molecule has 1 aliphatic rings. The smallest absolute Gasteiger partial charge is 0.253 e. The first-order chi connectivity index (χ1) is 10.5. The molecule has 1 amide bonds. The average Bonchev–Trinajstić information content (AvgIpc) is 2.97. The Kier molecular flexibility index (Phi) is 5.83. The highest BCUT2D eigenvalue weighted by atomic mass is 16.5. The maximum absolute atomic E-state index is 12.4. The molecule has 0 aliphatic carbocycles. The Morgan fingerprint density at radius 3 is 2.55 bits per heavy atom. The molecule has 4 nitrogen and oxygen atoms in total. The van der Waals surface area contributed by atoms with Gasteiger partial charge in [-0.15, -0.1) is 0 Å². The number of aliphatic hydroxyl groups excluding tert-OH is 1. The van der Waals surface area contributed by atoms with Crippen LogP contribution in [0.4, 0.5) is 0 Å². The fourth-order valence-corrected chi connectivity index (χ4v) is 2.65. The van der Waals surface area contributed by atoms with Crippen molar-refractivity contribution < 1.29 is 14.6 Å². The summed E-state index contributed by atoms with van der Waals surface area (Å²) < 4.78 is 5.67. The van der Waals surface area contributed by atoms with Gasteiger partial charge in [-0.25, -0.2) is 0 Å². The zero-order valence-corrected chi connectivity index (χ0v) is 13.8. The third kappa shape index (κ3) is 4.47. The number of aliphatic hydroxyl groups is 1. The number of carbonyl (C=O) groups is 1. The van der Waals surface area contributed by atoms with Crippen molar-refractivity contribution in [2.45, 2.75) is 39.7 Å². The van der Waals surface area contributed by atoms with E-state index in [1.807, 2.05) is 29.2 Å². The van der Waals surface area contributed by atoms with E-state index >= 15 is 0 Å².